The van der Waals surface area contributed by atoms with Gasteiger partial charge in [-0.25, -0.2) is 9.78 Å². The summed E-state index contributed by atoms with van der Waals surface area (Å²) in [5.74, 6) is -0.345. The normalized spacial score (nSPS) is 13.9. The molecule has 2 amide bonds. The number of aromatic nitrogens is 1. The van der Waals surface area contributed by atoms with Gasteiger partial charge in [0, 0.05) is 35.2 Å². The monoisotopic (exact) mass is 435 g/mol. The van der Waals surface area contributed by atoms with Gasteiger partial charge in [0.1, 0.15) is 0 Å². The molecule has 1 aromatic heterocycles. The molecule has 0 bridgehead atoms. The largest absolute Gasteiger partial charge is 0.465 e. The molecule has 1 heterocycles. The number of ketones is 1. The van der Waals surface area contributed by atoms with Crippen molar-refractivity contribution in [1.29, 1.82) is 0 Å². The third-order valence-corrected chi connectivity index (χ3v) is 5.70. The second kappa shape index (κ2) is 9.84. The van der Waals surface area contributed by atoms with E-state index in [4.69, 9.17) is 16.3 Å². The average molecular weight is 436 g/mol. The van der Waals surface area contributed by atoms with Crippen molar-refractivity contribution in [2.24, 2.45) is 5.92 Å². The summed E-state index contributed by atoms with van der Waals surface area (Å²) in [5.41, 5.74) is 1.58. The van der Waals surface area contributed by atoms with Crippen LogP contribution in [0.5, 0.6) is 0 Å². The fraction of sp³-hybridized carbons (Fsp3) is 0.400. The first kappa shape index (κ1) is 21.3. The van der Waals surface area contributed by atoms with E-state index >= 15 is 0 Å². The van der Waals surface area contributed by atoms with Crippen LogP contribution in [0.25, 0.3) is 0 Å². The predicted octanol–water partition coefficient (Wildman–Crippen LogP) is 4.92. The van der Waals surface area contributed by atoms with Gasteiger partial charge in [-0.05, 0) is 31.0 Å². The number of hydrogen-bond donors (Lipinski definition) is 2. The molecule has 1 saturated carbocycles. The standard InChI is InChI=1S/C20H22ClN3O4S/c1-12(25)28-9-8-15-11-29-20(22-15)24-19(27)23-17-7-6-14(21)10-16(17)18(26)13-4-2-3-5-13/h6-7,10-11,13H,2-5,8-9H2,1H3,(H2,22,23,24,27). The average Bonchev–Trinajstić information content (AvgIpc) is 3.34. The van der Waals surface area contributed by atoms with E-state index in [2.05, 4.69) is 15.6 Å². The lowest BCUT2D eigenvalue weighted by Crippen LogP contribution is -2.22. The highest BCUT2D eigenvalue weighted by molar-refractivity contribution is 7.13. The highest BCUT2D eigenvalue weighted by Crippen LogP contribution is 2.31. The number of ether oxygens (including phenoxy) is 1. The second-order valence-corrected chi connectivity index (χ2v) is 8.14. The number of urea groups is 1. The second-order valence-electron chi connectivity index (χ2n) is 6.85. The summed E-state index contributed by atoms with van der Waals surface area (Å²) in [6.45, 7) is 1.59. The number of anilines is 2. The van der Waals surface area contributed by atoms with Gasteiger partial charge in [-0.15, -0.1) is 11.3 Å². The van der Waals surface area contributed by atoms with E-state index in [0.717, 1.165) is 31.4 Å². The molecule has 2 aromatic rings. The first-order chi connectivity index (χ1) is 13.9. The van der Waals surface area contributed by atoms with Crippen LogP contribution in [0.3, 0.4) is 0 Å². The Bertz CT molecular complexity index is 909. The van der Waals surface area contributed by atoms with Gasteiger partial charge in [-0.3, -0.25) is 14.9 Å². The molecule has 0 aliphatic heterocycles. The summed E-state index contributed by atoms with van der Waals surface area (Å²) >= 11 is 7.35. The molecule has 1 aliphatic rings. The van der Waals surface area contributed by atoms with Crippen LogP contribution in [0, 0.1) is 5.92 Å². The van der Waals surface area contributed by atoms with Crippen LogP contribution < -0.4 is 10.6 Å². The van der Waals surface area contributed by atoms with Crippen LogP contribution >= 0.6 is 22.9 Å². The van der Waals surface area contributed by atoms with Crippen molar-refractivity contribution in [3.05, 3.63) is 39.9 Å². The number of carbonyl (C=O) groups is 3. The van der Waals surface area contributed by atoms with E-state index in [9.17, 15) is 14.4 Å². The number of halogens is 1. The fourth-order valence-electron chi connectivity index (χ4n) is 3.27. The van der Waals surface area contributed by atoms with Crippen LogP contribution in [0.2, 0.25) is 5.02 Å². The molecule has 0 atom stereocenters. The lowest BCUT2D eigenvalue weighted by Gasteiger charge is -2.14. The van der Waals surface area contributed by atoms with Crippen molar-refractivity contribution in [2.45, 2.75) is 39.0 Å². The number of hydrogen-bond acceptors (Lipinski definition) is 6. The Hall–Kier alpha value is -2.45. The molecule has 7 nitrogen and oxygen atoms in total. The van der Waals surface area contributed by atoms with Gasteiger partial charge >= 0.3 is 12.0 Å². The summed E-state index contributed by atoms with van der Waals surface area (Å²) in [6, 6.07) is 4.39. The number of carbonyl (C=O) groups excluding carboxylic acids is 3. The zero-order valence-electron chi connectivity index (χ0n) is 16.0. The molecule has 0 radical (unpaired) electrons. The molecule has 0 unspecified atom stereocenters. The Morgan fingerprint density at radius 2 is 2.00 bits per heavy atom. The number of rotatable bonds is 7. The number of Topliss-reactive ketones (excluding diaryl/α,β-unsaturated/α-hetero) is 1. The van der Waals surface area contributed by atoms with Crippen LogP contribution in [0.1, 0.15) is 48.7 Å². The van der Waals surface area contributed by atoms with Crippen molar-refractivity contribution in [3.63, 3.8) is 0 Å². The van der Waals surface area contributed by atoms with Gasteiger partial charge in [0.15, 0.2) is 10.9 Å². The van der Waals surface area contributed by atoms with E-state index in [0.29, 0.717) is 27.8 Å². The smallest absolute Gasteiger partial charge is 0.325 e. The van der Waals surface area contributed by atoms with Crippen LogP contribution in [-0.4, -0.2) is 29.4 Å². The minimum Gasteiger partial charge on any atom is -0.465 e. The predicted molar refractivity (Wildman–Crippen MR) is 113 cm³/mol. The molecule has 9 heteroatoms. The maximum atomic E-state index is 12.8. The van der Waals surface area contributed by atoms with Crippen molar-refractivity contribution < 1.29 is 19.1 Å². The Morgan fingerprint density at radius 3 is 2.72 bits per heavy atom. The van der Waals surface area contributed by atoms with E-state index in [-0.39, 0.29) is 24.3 Å². The van der Waals surface area contributed by atoms with Gasteiger partial charge in [0.2, 0.25) is 0 Å². The Morgan fingerprint density at radius 1 is 1.24 bits per heavy atom. The number of thiazole rings is 1. The minimum atomic E-state index is -0.492. The highest BCUT2D eigenvalue weighted by atomic mass is 35.5. The molecular weight excluding hydrogens is 414 g/mol. The molecule has 29 heavy (non-hydrogen) atoms. The molecule has 154 valence electrons. The molecule has 1 aromatic carbocycles. The zero-order valence-corrected chi connectivity index (χ0v) is 17.6. The van der Waals surface area contributed by atoms with Gasteiger partial charge in [-0.2, -0.15) is 0 Å². The third-order valence-electron chi connectivity index (χ3n) is 4.66. The summed E-state index contributed by atoms with van der Waals surface area (Å²) in [5, 5.41) is 8.05. The molecule has 2 N–H and O–H groups in total. The number of nitrogens with one attached hydrogen (secondary N) is 2. The SMILES string of the molecule is CC(=O)OCCc1csc(NC(=O)Nc2ccc(Cl)cc2C(=O)C2CCCC2)n1. The molecule has 1 fully saturated rings. The number of benzene rings is 1. The quantitative estimate of drug-likeness (QED) is 0.475. The lowest BCUT2D eigenvalue weighted by molar-refractivity contribution is -0.140. The molecule has 1 aliphatic carbocycles. The number of nitrogens with zero attached hydrogens (tertiary/aromatic N) is 1. The zero-order chi connectivity index (χ0) is 20.8. The van der Waals surface area contributed by atoms with Crippen molar-refractivity contribution >= 4 is 51.5 Å². The molecule has 3 rings (SSSR count). The summed E-state index contributed by atoms with van der Waals surface area (Å²) in [4.78, 5) is 40.3. The van der Waals surface area contributed by atoms with Gasteiger partial charge in [0.25, 0.3) is 0 Å². The number of esters is 1. The molecule has 0 spiro atoms. The lowest BCUT2D eigenvalue weighted by atomic mass is 9.95. The minimum absolute atomic E-state index is 0.0160. The Kier molecular flexibility index (Phi) is 7.22. The first-order valence-corrected chi connectivity index (χ1v) is 10.7. The molecule has 0 saturated heterocycles. The summed E-state index contributed by atoms with van der Waals surface area (Å²) < 4.78 is 4.89. The van der Waals surface area contributed by atoms with Gasteiger partial charge in [-0.1, -0.05) is 24.4 Å². The van der Waals surface area contributed by atoms with E-state index in [1.165, 1.54) is 18.3 Å². The number of amides is 2. The van der Waals surface area contributed by atoms with Gasteiger partial charge in [0.05, 0.1) is 18.0 Å². The van der Waals surface area contributed by atoms with E-state index in [1.54, 1.807) is 23.6 Å². The third kappa shape index (κ3) is 6.01. The van der Waals surface area contributed by atoms with Crippen LogP contribution in [0.4, 0.5) is 15.6 Å². The van der Waals surface area contributed by atoms with Crippen LogP contribution in [0.15, 0.2) is 23.6 Å². The van der Waals surface area contributed by atoms with E-state index < -0.39 is 6.03 Å². The highest BCUT2D eigenvalue weighted by Gasteiger charge is 2.26. The Labute approximate surface area is 177 Å². The summed E-state index contributed by atoms with van der Waals surface area (Å²) in [6.07, 6.45) is 4.29. The van der Waals surface area contributed by atoms with E-state index in [1.807, 2.05) is 0 Å². The maximum absolute atomic E-state index is 12.8. The van der Waals surface area contributed by atoms with Crippen molar-refractivity contribution in [1.82, 2.24) is 4.98 Å². The topological polar surface area (TPSA) is 97.4 Å². The van der Waals surface area contributed by atoms with Crippen LogP contribution in [-0.2, 0) is 16.0 Å². The van der Waals surface area contributed by atoms with Crippen molar-refractivity contribution in [2.75, 3.05) is 17.2 Å². The van der Waals surface area contributed by atoms with Gasteiger partial charge < -0.3 is 10.1 Å². The fourth-order valence-corrected chi connectivity index (χ4v) is 4.18. The van der Waals surface area contributed by atoms with Crippen molar-refractivity contribution in [3.8, 4) is 0 Å². The molecular formula is C20H22ClN3O4S. The first-order valence-electron chi connectivity index (χ1n) is 9.42. The Balaban J connectivity index is 1.63. The summed E-state index contributed by atoms with van der Waals surface area (Å²) in [7, 11) is 0. The maximum Gasteiger partial charge on any atom is 0.325 e.